The molecule has 34 heavy (non-hydrogen) atoms. The number of benzene rings is 1. The van der Waals surface area contributed by atoms with E-state index in [-0.39, 0.29) is 24.0 Å². The van der Waals surface area contributed by atoms with Gasteiger partial charge in [0.15, 0.2) is 0 Å². The number of ether oxygens (including phenoxy) is 1. The van der Waals surface area contributed by atoms with E-state index < -0.39 is 0 Å². The Balaban J connectivity index is 2.21. The van der Waals surface area contributed by atoms with Crippen molar-refractivity contribution in [3.63, 3.8) is 0 Å². The van der Waals surface area contributed by atoms with Crippen LogP contribution in [0.1, 0.15) is 84.3 Å². The largest absolute Gasteiger partial charge is 0.461 e. The van der Waals surface area contributed by atoms with Gasteiger partial charge >= 0.3 is 5.97 Å². The number of nitrogens with one attached hydrogen (secondary N) is 1. The molecular weight excluding hydrogens is 424 g/mol. The molecule has 0 aromatic heterocycles. The molecule has 1 saturated carbocycles. The molecule has 1 aliphatic rings. The number of aliphatic imine (C=N–C) groups is 1. The fourth-order valence-electron chi connectivity index (χ4n) is 4.21. The zero-order valence-electron chi connectivity index (χ0n) is 21.8. The molecule has 0 spiro atoms. The summed E-state index contributed by atoms with van der Waals surface area (Å²) in [6.07, 6.45) is 10.8. The molecule has 0 amide bonds. The first-order valence-corrected chi connectivity index (χ1v) is 12.7. The molecule has 1 aliphatic carbocycles. The summed E-state index contributed by atoms with van der Waals surface area (Å²) >= 11 is 0. The molecule has 1 aromatic rings. The first-order valence-electron chi connectivity index (χ1n) is 12.7. The molecule has 0 heterocycles. The number of rotatable bonds is 12. The van der Waals surface area contributed by atoms with Gasteiger partial charge in [-0.3, -0.25) is 14.6 Å². The molecule has 0 saturated heterocycles. The average molecular weight is 467 g/mol. The van der Waals surface area contributed by atoms with Crippen molar-refractivity contribution in [2.75, 3.05) is 0 Å². The van der Waals surface area contributed by atoms with E-state index in [1.54, 1.807) is 6.92 Å². The van der Waals surface area contributed by atoms with Crippen LogP contribution >= 0.6 is 0 Å². The number of hydrogen-bond donors (Lipinski definition) is 1. The maximum atomic E-state index is 12.7. The van der Waals surface area contributed by atoms with Gasteiger partial charge in [0, 0.05) is 6.54 Å². The predicted octanol–water partition coefficient (Wildman–Crippen LogP) is 6.56. The van der Waals surface area contributed by atoms with Crippen LogP contribution in [-0.4, -0.2) is 30.1 Å². The lowest BCUT2D eigenvalue weighted by atomic mass is 9.97. The Morgan fingerprint density at radius 1 is 1.26 bits per heavy atom. The summed E-state index contributed by atoms with van der Waals surface area (Å²) in [5, 5.41) is 3.42. The quantitative estimate of drug-likeness (QED) is 0.125. The van der Waals surface area contributed by atoms with Gasteiger partial charge < -0.3 is 10.1 Å². The highest BCUT2D eigenvalue weighted by atomic mass is 16.5. The van der Waals surface area contributed by atoms with E-state index in [1.807, 2.05) is 19.1 Å². The molecule has 186 valence electrons. The van der Waals surface area contributed by atoms with Gasteiger partial charge in [-0.2, -0.15) is 0 Å². The van der Waals surface area contributed by atoms with E-state index in [2.05, 4.69) is 51.2 Å². The smallest absolute Gasteiger partial charge is 0.323 e. The van der Waals surface area contributed by atoms with Gasteiger partial charge in [0.1, 0.15) is 18.4 Å². The van der Waals surface area contributed by atoms with Crippen LogP contribution in [0.2, 0.25) is 0 Å². The minimum absolute atomic E-state index is 0.0844. The highest BCUT2D eigenvalue weighted by Crippen LogP contribution is 2.25. The summed E-state index contributed by atoms with van der Waals surface area (Å²) in [6.45, 7) is 12.7. The Hall–Kier alpha value is -2.53. The third-order valence-corrected chi connectivity index (χ3v) is 6.24. The molecule has 1 atom stereocenters. The van der Waals surface area contributed by atoms with Crippen molar-refractivity contribution in [2.45, 2.75) is 98.8 Å². The van der Waals surface area contributed by atoms with Crippen LogP contribution < -0.4 is 5.32 Å². The topological polar surface area (TPSA) is 67.8 Å². The SMILES string of the molecule is C/C=C(\C=C(\C)C=O)C(=Nc1cc(CNC(CCC)C(=O)OC2CCCC2)ccc1C)C(C)C. The van der Waals surface area contributed by atoms with Crippen LogP contribution in [-0.2, 0) is 20.9 Å². The van der Waals surface area contributed by atoms with E-state index in [1.165, 1.54) is 0 Å². The molecule has 1 N–H and O–H groups in total. The molecule has 0 radical (unpaired) electrons. The molecule has 5 heteroatoms. The van der Waals surface area contributed by atoms with E-state index in [0.29, 0.717) is 12.1 Å². The minimum Gasteiger partial charge on any atom is -0.461 e. The van der Waals surface area contributed by atoms with Gasteiger partial charge in [-0.1, -0.05) is 45.4 Å². The van der Waals surface area contributed by atoms with Gasteiger partial charge in [-0.25, -0.2) is 0 Å². The van der Waals surface area contributed by atoms with Gasteiger partial charge in [-0.15, -0.1) is 0 Å². The summed E-state index contributed by atoms with van der Waals surface area (Å²) < 4.78 is 5.76. The van der Waals surface area contributed by atoms with Crippen LogP contribution in [0.25, 0.3) is 0 Å². The standard InChI is InChI=1S/C29H42N2O3/c1-7-11-26(29(33)34-25-12-9-10-13-25)30-18-23-15-14-22(6)27(17-23)31-28(20(3)4)24(8-2)16-21(5)19-32/h8,14-17,19-20,25-26,30H,7,9-13,18H2,1-6H3/b21-16-,24-8+,31-28?. The maximum Gasteiger partial charge on any atom is 0.323 e. The molecule has 2 rings (SSSR count). The van der Waals surface area contributed by atoms with Gasteiger partial charge in [-0.05, 0) is 93.2 Å². The molecule has 5 nitrogen and oxygen atoms in total. The first kappa shape index (κ1) is 27.7. The lowest BCUT2D eigenvalue weighted by molar-refractivity contribution is -0.151. The van der Waals surface area contributed by atoms with Crippen molar-refractivity contribution in [3.05, 3.63) is 52.6 Å². The summed E-state index contributed by atoms with van der Waals surface area (Å²) in [6, 6.07) is 5.94. The van der Waals surface area contributed by atoms with Crippen LogP contribution in [0.4, 0.5) is 5.69 Å². The first-order chi connectivity index (χ1) is 16.3. The summed E-state index contributed by atoms with van der Waals surface area (Å²) in [7, 11) is 0. The Morgan fingerprint density at radius 3 is 2.56 bits per heavy atom. The average Bonchev–Trinajstić information content (AvgIpc) is 3.32. The lowest BCUT2D eigenvalue weighted by Crippen LogP contribution is -2.39. The third-order valence-electron chi connectivity index (χ3n) is 6.24. The Kier molecular flexibility index (Phi) is 11.4. The van der Waals surface area contributed by atoms with E-state index in [4.69, 9.17) is 9.73 Å². The fourth-order valence-corrected chi connectivity index (χ4v) is 4.21. The Bertz CT molecular complexity index is 921. The second-order valence-electron chi connectivity index (χ2n) is 9.59. The Morgan fingerprint density at radius 2 is 1.97 bits per heavy atom. The number of nitrogens with zero attached hydrogens (tertiary/aromatic N) is 1. The second-order valence-corrected chi connectivity index (χ2v) is 9.59. The number of aldehydes is 1. The van der Waals surface area contributed by atoms with Crippen molar-refractivity contribution in [1.29, 1.82) is 0 Å². The number of esters is 1. The summed E-state index contributed by atoms with van der Waals surface area (Å²) in [5.41, 5.74) is 5.63. The number of carbonyl (C=O) groups excluding carboxylic acids is 2. The molecule has 0 bridgehead atoms. The van der Waals surface area contributed by atoms with Crippen LogP contribution in [0.3, 0.4) is 0 Å². The Labute approximate surface area is 205 Å². The molecule has 1 aromatic carbocycles. The number of carbonyl (C=O) groups is 2. The van der Waals surface area contributed by atoms with Crippen molar-refractivity contribution >= 4 is 23.7 Å². The van der Waals surface area contributed by atoms with Crippen LogP contribution in [0.15, 0.2) is 46.5 Å². The molecule has 1 fully saturated rings. The predicted molar refractivity (Wildman–Crippen MR) is 141 cm³/mol. The van der Waals surface area contributed by atoms with Crippen LogP contribution in [0, 0.1) is 12.8 Å². The van der Waals surface area contributed by atoms with Gasteiger partial charge in [0.05, 0.1) is 11.4 Å². The van der Waals surface area contributed by atoms with Crippen molar-refractivity contribution < 1.29 is 14.3 Å². The monoisotopic (exact) mass is 466 g/mol. The fraction of sp³-hybridized carbons (Fsp3) is 0.552. The number of allylic oxidation sites excluding steroid dienone is 4. The van der Waals surface area contributed by atoms with E-state index >= 15 is 0 Å². The van der Waals surface area contributed by atoms with Crippen LogP contribution in [0.5, 0.6) is 0 Å². The summed E-state index contributed by atoms with van der Waals surface area (Å²) in [5.74, 6) is 0.0682. The highest BCUT2D eigenvalue weighted by Gasteiger charge is 2.24. The van der Waals surface area contributed by atoms with E-state index in [9.17, 15) is 9.59 Å². The van der Waals surface area contributed by atoms with E-state index in [0.717, 1.165) is 72.9 Å². The molecular formula is C29H42N2O3. The lowest BCUT2D eigenvalue weighted by Gasteiger charge is -2.20. The van der Waals surface area contributed by atoms with Gasteiger partial charge in [0.2, 0.25) is 0 Å². The zero-order chi connectivity index (χ0) is 25.1. The molecule has 0 aliphatic heterocycles. The van der Waals surface area contributed by atoms with Crippen molar-refractivity contribution in [1.82, 2.24) is 5.32 Å². The molecule has 1 unspecified atom stereocenters. The normalized spacial score (nSPS) is 16.7. The second kappa shape index (κ2) is 14.0. The zero-order valence-corrected chi connectivity index (χ0v) is 21.8. The number of hydrogen-bond acceptors (Lipinski definition) is 5. The third kappa shape index (κ3) is 8.35. The summed E-state index contributed by atoms with van der Waals surface area (Å²) in [4.78, 5) is 28.9. The van der Waals surface area contributed by atoms with Crippen molar-refractivity contribution in [2.24, 2.45) is 10.9 Å². The minimum atomic E-state index is -0.295. The highest BCUT2D eigenvalue weighted by molar-refractivity contribution is 6.06. The maximum absolute atomic E-state index is 12.7. The van der Waals surface area contributed by atoms with Crippen molar-refractivity contribution in [3.8, 4) is 0 Å². The number of aryl methyl sites for hydroxylation is 1. The van der Waals surface area contributed by atoms with Gasteiger partial charge in [0.25, 0.3) is 0 Å².